The van der Waals surface area contributed by atoms with Gasteiger partial charge in [0.1, 0.15) is 0 Å². The molecular weight excluding hydrogens is 905 g/mol. The van der Waals surface area contributed by atoms with Gasteiger partial charge in [-0.05, 0) is 136 Å². The summed E-state index contributed by atoms with van der Waals surface area (Å²) >= 11 is 0. The fourth-order valence-corrected chi connectivity index (χ4v) is 11.2. The Morgan fingerprint density at radius 1 is 0.280 bits per heavy atom. The molecule has 0 amide bonds. The van der Waals surface area contributed by atoms with Crippen molar-refractivity contribution in [3.8, 4) is 0 Å². The lowest BCUT2D eigenvalue weighted by atomic mass is 9.90. The molecule has 2 aromatic carbocycles. The summed E-state index contributed by atoms with van der Waals surface area (Å²) in [5, 5.41) is 0. The highest BCUT2D eigenvalue weighted by atomic mass is 15.2. The Kier molecular flexibility index (Phi) is 39.9. The maximum atomic E-state index is 13.1. The average molecular weight is 1020 g/mol. The lowest BCUT2D eigenvalue weighted by molar-refractivity contribution is -0.345. The third-order valence-corrected chi connectivity index (χ3v) is 15.8. The van der Waals surface area contributed by atoms with Crippen molar-refractivity contribution in [2.24, 2.45) is 0 Å². The number of hydrogen-bond acceptors (Lipinski definition) is 0. The highest BCUT2D eigenvalue weighted by molar-refractivity contribution is 5.84. The van der Waals surface area contributed by atoms with Gasteiger partial charge in [-0.25, -0.2) is 4.70 Å². The predicted octanol–water partition coefficient (Wildman–Crippen LogP) is 25.8. The van der Waals surface area contributed by atoms with Gasteiger partial charge in [0.15, 0.2) is 0 Å². The zero-order valence-corrected chi connectivity index (χ0v) is 50.4. The van der Waals surface area contributed by atoms with Crippen molar-refractivity contribution in [3.63, 3.8) is 0 Å². The second-order valence-corrected chi connectivity index (χ2v) is 23.0. The Labute approximate surface area is 466 Å². The van der Waals surface area contributed by atoms with Crippen LogP contribution in [-0.4, -0.2) is 4.70 Å². The van der Waals surface area contributed by atoms with Gasteiger partial charge in [-0.3, -0.25) is 0 Å². The summed E-state index contributed by atoms with van der Waals surface area (Å²) in [6.07, 6.45) is 74.1. The molecule has 0 aromatic heterocycles. The van der Waals surface area contributed by atoms with Crippen LogP contribution < -0.4 is 0 Å². The van der Waals surface area contributed by atoms with Gasteiger partial charge in [-0.15, -0.1) is 0 Å². The summed E-state index contributed by atoms with van der Waals surface area (Å²) in [6, 6.07) is 14.3. The number of rotatable bonds is 49. The van der Waals surface area contributed by atoms with Crippen molar-refractivity contribution >= 4 is 35.7 Å². The van der Waals surface area contributed by atoms with Crippen molar-refractivity contribution in [1.29, 1.82) is 0 Å². The smallest absolute Gasteiger partial charge is 0.211 e. The SMILES string of the molecule is CCCCCCCCCC=Cc1cc(C=CCCCCCCCCC)cc(C2=C(CCCCC)C(CCCCCCCC)=C(c3cc(C=CCCCCCCCCC)cc(C=CCCCCCCCCC)c3)[N+]2=[N-])c1. The third kappa shape index (κ3) is 29.7. The molecule has 3 rings (SSSR count). The van der Waals surface area contributed by atoms with Crippen molar-refractivity contribution in [2.45, 2.75) is 318 Å². The molecule has 0 radical (unpaired) electrons. The van der Waals surface area contributed by atoms with E-state index in [0.29, 0.717) is 0 Å². The van der Waals surface area contributed by atoms with Crippen molar-refractivity contribution in [3.05, 3.63) is 111 Å². The Morgan fingerprint density at radius 3 is 0.760 bits per heavy atom. The molecule has 1 aliphatic rings. The summed E-state index contributed by atoms with van der Waals surface area (Å²) in [4.78, 5) is 0. The molecule has 0 saturated carbocycles. The van der Waals surface area contributed by atoms with Crippen molar-refractivity contribution in [2.75, 3.05) is 0 Å². The van der Waals surface area contributed by atoms with Crippen LogP contribution in [0.15, 0.2) is 71.8 Å². The molecule has 1 aliphatic heterocycles. The van der Waals surface area contributed by atoms with Crippen LogP contribution in [0.5, 0.6) is 0 Å². The lowest BCUT2D eigenvalue weighted by Gasteiger charge is -2.13. The number of hydrogen-bond donors (Lipinski definition) is 0. The molecule has 75 heavy (non-hydrogen) atoms. The minimum atomic E-state index is 0.986. The van der Waals surface area contributed by atoms with Crippen LogP contribution in [0, 0.1) is 0 Å². The maximum Gasteiger partial charge on any atom is 0.211 e. The van der Waals surface area contributed by atoms with Gasteiger partial charge in [0, 0.05) is 22.3 Å². The quantitative estimate of drug-likeness (QED) is 0.0466. The molecule has 420 valence electrons. The van der Waals surface area contributed by atoms with Gasteiger partial charge < -0.3 is 5.53 Å². The minimum Gasteiger partial charge on any atom is -0.493 e. The molecule has 0 spiro atoms. The summed E-state index contributed by atoms with van der Waals surface area (Å²) in [5.74, 6) is 0. The normalized spacial score (nSPS) is 13.3. The monoisotopic (exact) mass is 1020 g/mol. The topological polar surface area (TPSA) is 25.3 Å². The molecule has 0 N–H and O–H groups in total. The van der Waals surface area contributed by atoms with E-state index in [9.17, 15) is 5.53 Å². The van der Waals surface area contributed by atoms with E-state index in [2.05, 4.69) is 127 Å². The molecule has 0 fully saturated rings. The first-order valence-electron chi connectivity index (χ1n) is 32.9. The van der Waals surface area contributed by atoms with Crippen LogP contribution in [0.3, 0.4) is 0 Å². The lowest BCUT2D eigenvalue weighted by Crippen LogP contribution is -2.04. The molecule has 0 saturated heterocycles. The van der Waals surface area contributed by atoms with Gasteiger partial charge in [0.2, 0.25) is 11.4 Å². The molecule has 0 aliphatic carbocycles. The van der Waals surface area contributed by atoms with Crippen LogP contribution >= 0.6 is 0 Å². The van der Waals surface area contributed by atoms with Crippen LogP contribution in [0.2, 0.25) is 0 Å². The molecule has 2 aromatic rings. The Hall–Kier alpha value is -3.52. The van der Waals surface area contributed by atoms with Crippen molar-refractivity contribution in [1.82, 2.24) is 0 Å². The molecular formula is C73H118N2. The first-order valence-corrected chi connectivity index (χ1v) is 32.9. The number of unbranched alkanes of at least 4 members (excludes halogenated alkanes) is 35. The van der Waals surface area contributed by atoms with E-state index < -0.39 is 0 Å². The third-order valence-electron chi connectivity index (χ3n) is 15.8. The molecule has 2 nitrogen and oxygen atoms in total. The summed E-state index contributed by atoms with van der Waals surface area (Å²) in [5.41, 5.74) is 25.2. The van der Waals surface area contributed by atoms with E-state index in [1.54, 1.807) is 4.70 Å². The highest BCUT2D eigenvalue weighted by Gasteiger charge is 2.35. The minimum absolute atomic E-state index is 0.986. The predicted molar refractivity (Wildman–Crippen MR) is 339 cm³/mol. The fourth-order valence-electron chi connectivity index (χ4n) is 11.2. The van der Waals surface area contributed by atoms with Crippen LogP contribution in [0.25, 0.3) is 41.2 Å². The van der Waals surface area contributed by atoms with Crippen LogP contribution in [0.1, 0.15) is 351 Å². The van der Waals surface area contributed by atoms with E-state index in [1.165, 1.54) is 258 Å². The standard InChI is InChI=1S/C73H118N2/c1-7-13-19-24-29-33-37-41-47-52-64-58-65(53-48-42-38-34-30-25-20-14-8-2)61-68(60-64)72-70(56-46-18-12-6)71(57-51-45-28-23-17-11-5)73(75(72)74)69-62-66(54-49-43-39-35-31-26-21-15-9-3)59-67(63-69)55-50-44-40-36-32-27-22-16-10-4/h47-50,52-55,58-63H,7-46,51,56-57H2,1-6H3. The summed E-state index contributed by atoms with van der Waals surface area (Å²) in [7, 11) is 0. The largest absolute Gasteiger partial charge is 0.493 e. The number of nitrogens with zero attached hydrogens (tertiary/aromatic N) is 2. The van der Waals surface area contributed by atoms with Crippen LogP contribution in [0.4, 0.5) is 0 Å². The van der Waals surface area contributed by atoms with Gasteiger partial charge >= 0.3 is 0 Å². The maximum absolute atomic E-state index is 13.1. The van der Waals surface area contributed by atoms with E-state index in [0.717, 1.165) is 73.9 Å². The fraction of sp³-hybridized carbons (Fsp3) is 0.671. The van der Waals surface area contributed by atoms with Crippen molar-refractivity contribution < 1.29 is 4.70 Å². The first kappa shape index (κ1) is 65.8. The van der Waals surface area contributed by atoms with E-state index in [4.69, 9.17) is 0 Å². The van der Waals surface area contributed by atoms with Gasteiger partial charge in [0.05, 0.1) is 0 Å². The Morgan fingerprint density at radius 2 is 0.493 bits per heavy atom. The van der Waals surface area contributed by atoms with E-state index in [1.807, 2.05) is 0 Å². The van der Waals surface area contributed by atoms with Gasteiger partial charge in [-0.2, -0.15) is 0 Å². The van der Waals surface area contributed by atoms with E-state index >= 15 is 0 Å². The zero-order valence-electron chi connectivity index (χ0n) is 50.4. The highest BCUT2D eigenvalue weighted by Crippen LogP contribution is 2.45. The summed E-state index contributed by atoms with van der Waals surface area (Å²) < 4.78 is 1.68. The number of allylic oxidation sites excluding steroid dienone is 6. The van der Waals surface area contributed by atoms with Gasteiger partial charge in [-0.1, -0.05) is 289 Å². The summed E-state index contributed by atoms with van der Waals surface area (Å²) in [6.45, 7) is 13.9. The average Bonchev–Trinajstić information content (AvgIpc) is 3.69. The first-order chi connectivity index (χ1) is 37.0. The molecule has 1 heterocycles. The molecule has 0 bridgehead atoms. The second kappa shape index (κ2) is 45.5. The Balaban J connectivity index is 2.12. The molecule has 0 unspecified atom stereocenters. The van der Waals surface area contributed by atoms with E-state index in [-0.39, 0.29) is 0 Å². The molecule has 2 heteroatoms. The number of benzene rings is 2. The van der Waals surface area contributed by atoms with Gasteiger partial charge in [0.25, 0.3) is 0 Å². The molecule has 0 atom stereocenters. The zero-order chi connectivity index (χ0) is 53.7. The second-order valence-electron chi connectivity index (χ2n) is 23.0. The van der Waals surface area contributed by atoms with Crippen LogP contribution in [-0.2, 0) is 0 Å². The Bertz CT molecular complexity index is 1850.